The third-order valence-electron chi connectivity index (χ3n) is 7.38. The Morgan fingerprint density at radius 3 is 2.84 bits per heavy atom. The summed E-state index contributed by atoms with van der Waals surface area (Å²) in [7, 11) is 0. The van der Waals surface area contributed by atoms with Gasteiger partial charge in [0.2, 0.25) is 0 Å². The molecule has 140 valence electrons. The highest BCUT2D eigenvalue weighted by Crippen LogP contribution is 2.57. The zero-order chi connectivity index (χ0) is 18.0. The Morgan fingerprint density at radius 1 is 1.28 bits per heavy atom. The van der Waals surface area contributed by atoms with Gasteiger partial charge in [0.05, 0.1) is 12.7 Å². The molecule has 5 unspecified atom stereocenters. The van der Waals surface area contributed by atoms with Crippen LogP contribution in [0.4, 0.5) is 0 Å². The molecule has 0 N–H and O–H groups in total. The first-order chi connectivity index (χ1) is 11.9. The summed E-state index contributed by atoms with van der Waals surface area (Å²) in [6.07, 6.45) is 13.6. The van der Waals surface area contributed by atoms with Crippen molar-refractivity contribution in [3.05, 3.63) is 24.3 Å². The average molecular weight is 345 g/mol. The van der Waals surface area contributed by atoms with Crippen molar-refractivity contribution in [3.63, 3.8) is 0 Å². The van der Waals surface area contributed by atoms with Gasteiger partial charge in [-0.05, 0) is 87.0 Å². The van der Waals surface area contributed by atoms with Crippen LogP contribution >= 0.6 is 0 Å². The van der Waals surface area contributed by atoms with Crippen LogP contribution in [0.1, 0.15) is 72.1 Å². The molecule has 25 heavy (non-hydrogen) atoms. The van der Waals surface area contributed by atoms with Crippen LogP contribution < -0.4 is 0 Å². The molecule has 3 aliphatic carbocycles. The van der Waals surface area contributed by atoms with E-state index in [0.717, 1.165) is 43.4 Å². The van der Waals surface area contributed by atoms with Gasteiger partial charge >= 0.3 is 0 Å². The van der Waals surface area contributed by atoms with Crippen molar-refractivity contribution in [1.29, 1.82) is 0 Å². The van der Waals surface area contributed by atoms with Crippen molar-refractivity contribution in [1.82, 2.24) is 0 Å². The van der Waals surface area contributed by atoms with Crippen molar-refractivity contribution in [2.24, 2.45) is 29.1 Å². The van der Waals surface area contributed by atoms with Crippen molar-refractivity contribution in [2.75, 3.05) is 6.61 Å². The molecule has 0 bridgehead atoms. The van der Waals surface area contributed by atoms with Gasteiger partial charge in [0.1, 0.15) is 0 Å². The molecule has 0 aromatic rings. The van der Waals surface area contributed by atoms with Crippen molar-refractivity contribution in [3.8, 4) is 0 Å². The summed E-state index contributed by atoms with van der Waals surface area (Å²) in [4.78, 5) is 11.8. The first-order valence-electron chi connectivity index (χ1n) is 10.4. The summed E-state index contributed by atoms with van der Waals surface area (Å²) in [6.45, 7) is 11.6. The van der Waals surface area contributed by atoms with E-state index in [1.54, 1.807) is 0 Å². The fourth-order valence-electron chi connectivity index (χ4n) is 6.01. The largest absolute Gasteiger partial charge is 0.374 e. The number of rotatable bonds is 6. The topological polar surface area (TPSA) is 26.3 Å². The summed E-state index contributed by atoms with van der Waals surface area (Å²) >= 11 is 0. The van der Waals surface area contributed by atoms with Gasteiger partial charge in [-0.25, -0.2) is 0 Å². The fraction of sp³-hybridized carbons (Fsp3) is 0.783. The summed E-state index contributed by atoms with van der Waals surface area (Å²) < 4.78 is 5.82. The molecular weight excluding hydrogens is 308 g/mol. The average Bonchev–Trinajstić information content (AvgIpc) is 2.58. The minimum Gasteiger partial charge on any atom is -0.374 e. The Hall–Kier alpha value is -0.890. The molecule has 2 saturated carbocycles. The van der Waals surface area contributed by atoms with Crippen LogP contribution in [0.25, 0.3) is 0 Å². The van der Waals surface area contributed by atoms with Gasteiger partial charge < -0.3 is 4.74 Å². The maximum Gasteiger partial charge on any atom is 0.155 e. The molecule has 2 fully saturated rings. The van der Waals surface area contributed by atoms with Crippen LogP contribution in [0, 0.1) is 29.1 Å². The Labute approximate surface area is 154 Å². The van der Waals surface area contributed by atoms with Gasteiger partial charge in [0.15, 0.2) is 5.78 Å². The lowest BCUT2D eigenvalue weighted by Gasteiger charge is -2.54. The van der Waals surface area contributed by atoms with E-state index < -0.39 is 0 Å². The Morgan fingerprint density at radius 2 is 2.08 bits per heavy atom. The lowest BCUT2D eigenvalue weighted by Crippen LogP contribution is -2.46. The van der Waals surface area contributed by atoms with Crippen LogP contribution in [0.2, 0.25) is 0 Å². The molecule has 0 spiro atoms. The van der Waals surface area contributed by atoms with Crippen LogP contribution in [0.3, 0.4) is 0 Å². The van der Waals surface area contributed by atoms with Gasteiger partial charge in [-0.1, -0.05) is 25.5 Å². The smallest absolute Gasteiger partial charge is 0.155 e. The van der Waals surface area contributed by atoms with E-state index in [-0.39, 0.29) is 0 Å². The van der Waals surface area contributed by atoms with E-state index in [2.05, 4.69) is 27.4 Å². The molecular formula is C23H36O2. The zero-order valence-electron chi connectivity index (χ0n) is 16.4. The van der Waals surface area contributed by atoms with Crippen molar-refractivity contribution >= 4 is 5.78 Å². The molecule has 0 radical (unpaired) electrons. The second-order valence-corrected chi connectivity index (χ2v) is 9.34. The van der Waals surface area contributed by atoms with E-state index in [9.17, 15) is 4.79 Å². The van der Waals surface area contributed by atoms with Gasteiger partial charge in [0, 0.05) is 6.42 Å². The van der Waals surface area contributed by atoms with Crippen molar-refractivity contribution < 1.29 is 9.53 Å². The second kappa shape index (κ2) is 7.78. The van der Waals surface area contributed by atoms with Crippen molar-refractivity contribution in [2.45, 2.75) is 78.2 Å². The molecule has 0 aliphatic heterocycles. The van der Waals surface area contributed by atoms with Crippen LogP contribution in [0.15, 0.2) is 24.3 Å². The minimum atomic E-state index is 0.320. The van der Waals surface area contributed by atoms with E-state index in [1.165, 1.54) is 31.3 Å². The van der Waals surface area contributed by atoms with Gasteiger partial charge in [-0.15, -0.1) is 6.58 Å². The van der Waals surface area contributed by atoms with Crippen LogP contribution in [-0.2, 0) is 9.53 Å². The Kier molecular flexibility index (Phi) is 5.88. The standard InChI is InChI=1S/C23H36O2/c1-5-14-25-16(2)6-11-22-21-9-7-17-15-18(24)8-10-19(17)20(21)12-13-23(22,3)4/h5,15-16,19-22H,1,6-14H2,2-4H3. The number of ketones is 1. The summed E-state index contributed by atoms with van der Waals surface area (Å²) in [5.41, 5.74) is 1.92. The number of carbonyl (C=O) groups is 1. The third-order valence-corrected chi connectivity index (χ3v) is 7.38. The molecule has 0 saturated heterocycles. The van der Waals surface area contributed by atoms with E-state index in [0.29, 0.717) is 29.8 Å². The molecule has 2 nitrogen and oxygen atoms in total. The molecule has 0 heterocycles. The lowest BCUT2D eigenvalue weighted by atomic mass is 9.51. The predicted molar refractivity (Wildman–Crippen MR) is 103 cm³/mol. The number of ether oxygens (including phenoxy) is 1. The highest BCUT2D eigenvalue weighted by atomic mass is 16.5. The Bertz CT molecular complexity index is 530. The first-order valence-corrected chi connectivity index (χ1v) is 10.4. The predicted octanol–water partition coefficient (Wildman–Crippen LogP) is 5.73. The second-order valence-electron chi connectivity index (χ2n) is 9.34. The third kappa shape index (κ3) is 4.10. The molecule has 2 heteroatoms. The van der Waals surface area contributed by atoms with Crippen LogP contribution in [0.5, 0.6) is 0 Å². The molecule has 3 aliphatic rings. The molecule has 0 aromatic carbocycles. The first kappa shape index (κ1) is 18.9. The number of hydrogen-bond acceptors (Lipinski definition) is 2. The van der Waals surface area contributed by atoms with E-state index in [4.69, 9.17) is 4.74 Å². The number of allylic oxidation sites excluding steroid dienone is 2. The highest BCUT2D eigenvalue weighted by molar-refractivity contribution is 5.91. The summed E-state index contributed by atoms with van der Waals surface area (Å²) in [6, 6.07) is 0. The summed E-state index contributed by atoms with van der Waals surface area (Å²) in [5, 5.41) is 0. The van der Waals surface area contributed by atoms with Gasteiger partial charge in [-0.2, -0.15) is 0 Å². The quantitative estimate of drug-likeness (QED) is 0.576. The van der Waals surface area contributed by atoms with Crippen LogP contribution in [-0.4, -0.2) is 18.5 Å². The maximum atomic E-state index is 11.8. The number of fused-ring (bicyclic) bond motifs is 3. The van der Waals surface area contributed by atoms with E-state index >= 15 is 0 Å². The minimum absolute atomic E-state index is 0.320. The normalized spacial score (nSPS) is 35.3. The zero-order valence-corrected chi connectivity index (χ0v) is 16.4. The maximum absolute atomic E-state index is 11.8. The highest BCUT2D eigenvalue weighted by Gasteiger charge is 2.48. The van der Waals surface area contributed by atoms with E-state index in [1.807, 2.05) is 12.2 Å². The van der Waals surface area contributed by atoms with Gasteiger partial charge in [0.25, 0.3) is 0 Å². The van der Waals surface area contributed by atoms with Gasteiger partial charge in [-0.3, -0.25) is 4.79 Å². The Balaban J connectivity index is 1.70. The SMILES string of the molecule is C=CCOC(C)CCC1C2CCC3=CC(=O)CCC3C2CCC1(C)C. The summed E-state index contributed by atoms with van der Waals surface area (Å²) in [5.74, 6) is 3.51. The molecule has 3 rings (SSSR count). The molecule has 5 atom stereocenters. The monoisotopic (exact) mass is 344 g/mol. The lowest BCUT2D eigenvalue weighted by molar-refractivity contribution is -0.116. The molecule has 0 amide bonds. The molecule has 0 aromatic heterocycles. The number of hydrogen-bond donors (Lipinski definition) is 0. The number of carbonyl (C=O) groups excluding carboxylic acids is 1. The fourth-order valence-corrected chi connectivity index (χ4v) is 6.01.